The van der Waals surface area contributed by atoms with Gasteiger partial charge in [0.2, 0.25) is 0 Å². The van der Waals surface area contributed by atoms with Crippen molar-refractivity contribution in [1.29, 1.82) is 0 Å². The lowest BCUT2D eigenvalue weighted by molar-refractivity contribution is -0.137. The zero-order valence-corrected chi connectivity index (χ0v) is 14.3. The van der Waals surface area contributed by atoms with Gasteiger partial charge in [0.25, 0.3) is 5.91 Å². The molecule has 2 aromatic rings. The minimum atomic E-state index is -4.44. The van der Waals surface area contributed by atoms with Crippen molar-refractivity contribution in [2.45, 2.75) is 6.18 Å². The summed E-state index contributed by atoms with van der Waals surface area (Å²) in [5, 5.41) is 2.78. The van der Waals surface area contributed by atoms with Gasteiger partial charge in [-0.25, -0.2) is 4.99 Å². The van der Waals surface area contributed by atoms with Gasteiger partial charge in [0.1, 0.15) is 5.75 Å². The largest absolute Gasteiger partial charge is 0.497 e. The van der Waals surface area contributed by atoms with Crippen LogP contribution in [-0.2, 0) is 11.0 Å². The molecule has 2 aromatic carbocycles. The number of carbonyl (C=O) groups excluding carboxylic acids is 1. The van der Waals surface area contributed by atoms with Crippen LogP contribution < -0.4 is 10.1 Å². The highest BCUT2D eigenvalue weighted by Gasteiger charge is 2.30. The SMILES string of the molecule is COc1cccc(C=C2SC(=Nc3cccc(C(F)(F)F)c3)NC2=O)c1. The van der Waals surface area contributed by atoms with Crippen molar-refractivity contribution in [3.8, 4) is 5.75 Å². The Bertz CT molecular complexity index is 907. The number of methoxy groups -OCH3 is 1. The van der Waals surface area contributed by atoms with Crippen molar-refractivity contribution < 1.29 is 22.7 Å². The number of halogens is 3. The molecular formula is C18H13F3N2O2S. The van der Waals surface area contributed by atoms with Crippen molar-refractivity contribution >= 4 is 34.6 Å². The molecule has 0 unspecified atom stereocenters. The number of ether oxygens (including phenoxy) is 1. The molecule has 4 nitrogen and oxygen atoms in total. The smallest absolute Gasteiger partial charge is 0.416 e. The van der Waals surface area contributed by atoms with Crippen LogP contribution in [0.4, 0.5) is 18.9 Å². The van der Waals surface area contributed by atoms with Gasteiger partial charge in [-0.1, -0.05) is 18.2 Å². The number of carbonyl (C=O) groups is 1. The Labute approximate surface area is 151 Å². The number of amidine groups is 1. The van der Waals surface area contributed by atoms with Crippen molar-refractivity contribution in [2.75, 3.05) is 7.11 Å². The zero-order valence-electron chi connectivity index (χ0n) is 13.5. The number of benzene rings is 2. The third-order valence-corrected chi connectivity index (χ3v) is 4.36. The summed E-state index contributed by atoms with van der Waals surface area (Å²) in [6.45, 7) is 0. The topological polar surface area (TPSA) is 50.7 Å². The molecule has 0 bridgehead atoms. The standard InChI is InChI=1S/C18H13F3N2O2S/c1-25-14-7-2-4-11(8-14)9-15-16(24)23-17(26-15)22-13-6-3-5-12(10-13)18(19,20)21/h2-10H,1H3,(H,22,23,24). The van der Waals surface area contributed by atoms with Gasteiger partial charge in [0, 0.05) is 0 Å². The molecule has 0 atom stereocenters. The number of alkyl halides is 3. The van der Waals surface area contributed by atoms with Crippen LogP contribution in [0.1, 0.15) is 11.1 Å². The Balaban J connectivity index is 1.83. The molecule has 1 fully saturated rings. The highest BCUT2D eigenvalue weighted by Crippen LogP contribution is 2.33. The van der Waals surface area contributed by atoms with Gasteiger partial charge in [-0.05, 0) is 53.7 Å². The van der Waals surface area contributed by atoms with E-state index in [0.29, 0.717) is 10.7 Å². The third kappa shape index (κ3) is 4.26. The Kier molecular flexibility index (Phi) is 5.03. The number of amides is 1. The highest BCUT2D eigenvalue weighted by atomic mass is 32.2. The first-order valence-electron chi connectivity index (χ1n) is 7.46. The predicted molar refractivity (Wildman–Crippen MR) is 95.2 cm³/mol. The maximum absolute atomic E-state index is 12.8. The lowest BCUT2D eigenvalue weighted by atomic mass is 10.2. The van der Waals surface area contributed by atoms with E-state index in [0.717, 1.165) is 29.5 Å². The van der Waals surface area contributed by atoms with Crippen LogP contribution in [0.25, 0.3) is 6.08 Å². The highest BCUT2D eigenvalue weighted by molar-refractivity contribution is 8.18. The fourth-order valence-electron chi connectivity index (χ4n) is 2.23. The number of hydrogen-bond acceptors (Lipinski definition) is 4. The predicted octanol–water partition coefficient (Wildman–Crippen LogP) is 4.61. The average molecular weight is 378 g/mol. The van der Waals surface area contributed by atoms with E-state index in [2.05, 4.69) is 10.3 Å². The molecular weight excluding hydrogens is 365 g/mol. The second-order valence-electron chi connectivity index (χ2n) is 5.31. The summed E-state index contributed by atoms with van der Waals surface area (Å²) in [6.07, 6.45) is -2.78. The number of aliphatic imine (C=N–C) groups is 1. The molecule has 134 valence electrons. The Morgan fingerprint density at radius 3 is 2.65 bits per heavy atom. The zero-order chi connectivity index (χ0) is 18.7. The summed E-state index contributed by atoms with van der Waals surface area (Å²) in [5.41, 5.74) is 0.0911. The fourth-order valence-corrected chi connectivity index (χ4v) is 3.07. The molecule has 1 aliphatic heterocycles. The van der Waals surface area contributed by atoms with Crippen LogP contribution in [0.5, 0.6) is 5.75 Å². The number of nitrogens with one attached hydrogen (secondary N) is 1. The monoisotopic (exact) mass is 378 g/mol. The van der Waals surface area contributed by atoms with Crippen LogP contribution in [-0.4, -0.2) is 18.2 Å². The minimum Gasteiger partial charge on any atom is -0.497 e. The van der Waals surface area contributed by atoms with Gasteiger partial charge < -0.3 is 10.1 Å². The van der Waals surface area contributed by atoms with E-state index >= 15 is 0 Å². The van der Waals surface area contributed by atoms with E-state index in [1.807, 2.05) is 6.07 Å². The summed E-state index contributed by atoms with van der Waals surface area (Å²) in [7, 11) is 1.54. The molecule has 1 amide bonds. The molecule has 0 radical (unpaired) electrons. The number of nitrogens with zero attached hydrogens (tertiary/aromatic N) is 1. The van der Waals surface area contributed by atoms with E-state index in [1.54, 1.807) is 31.4 Å². The first-order valence-corrected chi connectivity index (χ1v) is 8.28. The molecule has 1 aliphatic rings. The Hall–Kier alpha value is -2.74. The molecule has 0 aromatic heterocycles. The summed E-state index contributed by atoms with van der Waals surface area (Å²) < 4.78 is 43.4. The molecule has 1 saturated heterocycles. The Morgan fingerprint density at radius 2 is 1.92 bits per heavy atom. The Morgan fingerprint density at radius 1 is 1.15 bits per heavy atom. The second-order valence-corrected chi connectivity index (χ2v) is 6.34. The van der Waals surface area contributed by atoms with E-state index in [-0.39, 0.29) is 16.8 Å². The molecule has 0 spiro atoms. The van der Waals surface area contributed by atoms with Crippen LogP contribution in [0, 0.1) is 0 Å². The molecule has 1 heterocycles. The summed E-state index contributed by atoms with van der Waals surface area (Å²) in [5.74, 6) is 0.296. The van der Waals surface area contributed by atoms with Gasteiger partial charge >= 0.3 is 6.18 Å². The average Bonchev–Trinajstić information content (AvgIpc) is 2.93. The van der Waals surface area contributed by atoms with Crippen LogP contribution in [0.2, 0.25) is 0 Å². The normalized spacial score (nSPS) is 17.6. The molecule has 0 aliphatic carbocycles. The summed E-state index contributed by atoms with van der Waals surface area (Å²) in [4.78, 5) is 16.6. The number of rotatable bonds is 3. The number of thioether (sulfide) groups is 1. The third-order valence-electron chi connectivity index (χ3n) is 3.45. The van der Waals surface area contributed by atoms with Crippen LogP contribution in [0.3, 0.4) is 0 Å². The first kappa shape index (κ1) is 18.1. The van der Waals surface area contributed by atoms with Crippen molar-refractivity contribution in [3.05, 3.63) is 64.6 Å². The molecule has 0 saturated carbocycles. The van der Waals surface area contributed by atoms with Crippen molar-refractivity contribution in [1.82, 2.24) is 5.32 Å². The van der Waals surface area contributed by atoms with E-state index in [1.165, 1.54) is 12.1 Å². The van der Waals surface area contributed by atoms with Gasteiger partial charge in [-0.3, -0.25) is 4.79 Å². The quantitative estimate of drug-likeness (QED) is 0.794. The maximum atomic E-state index is 12.8. The van der Waals surface area contributed by atoms with Crippen molar-refractivity contribution in [2.24, 2.45) is 4.99 Å². The van der Waals surface area contributed by atoms with E-state index in [4.69, 9.17) is 4.74 Å². The lowest BCUT2D eigenvalue weighted by Crippen LogP contribution is -2.19. The fraction of sp³-hybridized carbons (Fsp3) is 0.111. The van der Waals surface area contributed by atoms with Crippen LogP contribution >= 0.6 is 11.8 Å². The van der Waals surface area contributed by atoms with Gasteiger partial charge in [-0.2, -0.15) is 13.2 Å². The van der Waals surface area contributed by atoms with Gasteiger partial charge in [-0.15, -0.1) is 0 Å². The molecule has 1 N–H and O–H groups in total. The number of hydrogen-bond donors (Lipinski definition) is 1. The second kappa shape index (κ2) is 7.25. The van der Waals surface area contributed by atoms with Crippen molar-refractivity contribution in [3.63, 3.8) is 0 Å². The van der Waals surface area contributed by atoms with E-state index in [9.17, 15) is 18.0 Å². The van der Waals surface area contributed by atoms with E-state index < -0.39 is 11.7 Å². The van der Waals surface area contributed by atoms with Crippen LogP contribution in [0.15, 0.2) is 58.4 Å². The lowest BCUT2D eigenvalue weighted by Gasteiger charge is -2.06. The maximum Gasteiger partial charge on any atom is 0.416 e. The van der Waals surface area contributed by atoms with Gasteiger partial charge in [0.05, 0.1) is 23.3 Å². The molecule has 8 heteroatoms. The molecule has 26 heavy (non-hydrogen) atoms. The first-order chi connectivity index (χ1) is 12.3. The summed E-state index contributed by atoms with van der Waals surface area (Å²) in [6, 6.07) is 11.8. The summed E-state index contributed by atoms with van der Waals surface area (Å²) >= 11 is 1.06. The minimum absolute atomic E-state index is 0.116. The van der Waals surface area contributed by atoms with Gasteiger partial charge in [0.15, 0.2) is 5.17 Å². The molecule has 3 rings (SSSR count).